The molecule has 1 aliphatic rings. The van der Waals surface area contributed by atoms with Gasteiger partial charge in [0.25, 0.3) is 0 Å². The van der Waals surface area contributed by atoms with Gasteiger partial charge in [0, 0.05) is 6.04 Å². The Balaban J connectivity index is 2.62. The minimum Gasteiger partial charge on any atom is -0.324 e. The predicted molar refractivity (Wildman–Crippen MR) is 51.1 cm³/mol. The number of hydrogen-bond acceptors (Lipinski definition) is 2. The lowest BCUT2D eigenvalue weighted by molar-refractivity contribution is 0.713. The molecule has 0 bridgehead atoms. The summed E-state index contributed by atoms with van der Waals surface area (Å²) in [6, 6.07) is 6.25. The lowest BCUT2D eigenvalue weighted by atomic mass is 9.99. The van der Waals surface area contributed by atoms with Crippen molar-refractivity contribution in [3.63, 3.8) is 0 Å². The van der Waals surface area contributed by atoms with Crippen molar-refractivity contribution in [3.8, 4) is 6.07 Å². The van der Waals surface area contributed by atoms with Crippen LogP contribution in [-0.2, 0) is 6.42 Å². The number of nitriles is 1. The zero-order valence-corrected chi connectivity index (χ0v) is 7.67. The predicted octanol–water partition coefficient (Wildman–Crippen LogP) is 1.81. The number of rotatable bonds is 0. The Morgan fingerprint density at radius 1 is 1.54 bits per heavy atom. The SMILES string of the molecule is Cc1c(C#N)ccc2c1CCC2N. The van der Waals surface area contributed by atoms with Crippen LogP contribution in [0.2, 0.25) is 0 Å². The zero-order valence-electron chi connectivity index (χ0n) is 7.67. The van der Waals surface area contributed by atoms with E-state index in [-0.39, 0.29) is 6.04 Å². The molecule has 0 saturated carbocycles. The fourth-order valence-corrected chi connectivity index (χ4v) is 2.03. The number of fused-ring (bicyclic) bond motifs is 1. The van der Waals surface area contributed by atoms with Gasteiger partial charge in [0.2, 0.25) is 0 Å². The van der Waals surface area contributed by atoms with E-state index in [1.165, 1.54) is 11.1 Å². The van der Waals surface area contributed by atoms with Gasteiger partial charge < -0.3 is 5.73 Å². The van der Waals surface area contributed by atoms with Gasteiger partial charge in [-0.2, -0.15) is 5.26 Å². The maximum Gasteiger partial charge on any atom is 0.0994 e. The Hall–Kier alpha value is -1.33. The van der Waals surface area contributed by atoms with Crippen LogP contribution in [0.25, 0.3) is 0 Å². The zero-order chi connectivity index (χ0) is 9.42. The fraction of sp³-hybridized carbons (Fsp3) is 0.364. The molecule has 0 heterocycles. The second kappa shape index (κ2) is 2.86. The highest BCUT2D eigenvalue weighted by molar-refractivity contribution is 5.49. The van der Waals surface area contributed by atoms with E-state index in [0.717, 1.165) is 24.0 Å². The summed E-state index contributed by atoms with van der Waals surface area (Å²) in [6.07, 6.45) is 2.04. The average Bonchev–Trinajstić information content (AvgIpc) is 2.50. The van der Waals surface area contributed by atoms with Gasteiger partial charge in [-0.15, -0.1) is 0 Å². The Bertz CT molecular complexity index is 388. The van der Waals surface area contributed by atoms with E-state index >= 15 is 0 Å². The molecule has 1 unspecified atom stereocenters. The van der Waals surface area contributed by atoms with Crippen LogP contribution in [0.1, 0.15) is 34.7 Å². The maximum absolute atomic E-state index is 8.83. The topological polar surface area (TPSA) is 49.8 Å². The summed E-state index contributed by atoms with van der Waals surface area (Å²) in [6.45, 7) is 2.01. The number of hydrogen-bond donors (Lipinski definition) is 1. The van der Waals surface area contributed by atoms with Crippen molar-refractivity contribution in [2.75, 3.05) is 0 Å². The summed E-state index contributed by atoms with van der Waals surface area (Å²) in [5, 5.41) is 8.83. The minimum absolute atomic E-state index is 0.182. The van der Waals surface area contributed by atoms with E-state index in [4.69, 9.17) is 11.0 Å². The molecule has 1 aromatic carbocycles. The summed E-state index contributed by atoms with van der Waals surface area (Å²) in [7, 11) is 0. The molecule has 0 fully saturated rings. The van der Waals surface area contributed by atoms with Gasteiger partial charge in [-0.05, 0) is 42.5 Å². The first-order valence-electron chi connectivity index (χ1n) is 4.52. The molecule has 66 valence electrons. The smallest absolute Gasteiger partial charge is 0.0994 e. The van der Waals surface area contributed by atoms with Crippen LogP contribution in [-0.4, -0.2) is 0 Å². The van der Waals surface area contributed by atoms with Gasteiger partial charge in [0.1, 0.15) is 0 Å². The van der Waals surface area contributed by atoms with E-state index in [1.54, 1.807) is 0 Å². The summed E-state index contributed by atoms with van der Waals surface area (Å²) in [4.78, 5) is 0. The molecule has 1 aromatic rings. The van der Waals surface area contributed by atoms with Crippen LogP contribution in [0.15, 0.2) is 12.1 Å². The van der Waals surface area contributed by atoms with Gasteiger partial charge in [0.15, 0.2) is 0 Å². The monoisotopic (exact) mass is 172 g/mol. The number of nitrogens with two attached hydrogens (primary N) is 1. The largest absolute Gasteiger partial charge is 0.324 e. The number of benzene rings is 1. The van der Waals surface area contributed by atoms with Gasteiger partial charge in [0.05, 0.1) is 11.6 Å². The molecular weight excluding hydrogens is 160 g/mol. The van der Waals surface area contributed by atoms with E-state index in [2.05, 4.69) is 6.07 Å². The standard InChI is InChI=1S/C11H12N2/c1-7-8(6-12)2-3-10-9(7)4-5-11(10)13/h2-3,11H,4-5,13H2,1H3. The van der Waals surface area contributed by atoms with Crippen molar-refractivity contribution in [2.45, 2.75) is 25.8 Å². The highest BCUT2D eigenvalue weighted by atomic mass is 14.6. The molecule has 1 aliphatic carbocycles. The van der Waals surface area contributed by atoms with Crippen LogP contribution in [0, 0.1) is 18.3 Å². The molecule has 0 aliphatic heterocycles. The lowest BCUT2D eigenvalue weighted by Gasteiger charge is -2.07. The molecule has 0 spiro atoms. The average molecular weight is 172 g/mol. The van der Waals surface area contributed by atoms with Gasteiger partial charge in [-0.3, -0.25) is 0 Å². The second-order valence-electron chi connectivity index (χ2n) is 3.56. The van der Waals surface area contributed by atoms with Gasteiger partial charge in [-0.25, -0.2) is 0 Å². The molecule has 0 saturated heterocycles. The summed E-state index contributed by atoms with van der Waals surface area (Å²) >= 11 is 0. The molecule has 2 rings (SSSR count). The number of nitrogens with zero attached hydrogens (tertiary/aromatic N) is 1. The Morgan fingerprint density at radius 3 is 3.00 bits per heavy atom. The van der Waals surface area contributed by atoms with Gasteiger partial charge in [-0.1, -0.05) is 6.07 Å². The van der Waals surface area contributed by atoms with Crippen molar-refractivity contribution in [3.05, 3.63) is 34.4 Å². The highest BCUT2D eigenvalue weighted by Gasteiger charge is 2.21. The molecule has 0 amide bonds. The molecule has 2 nitrogen and oxygen atoms in total. The molecule has 2 heteroatoms. The third kappa shape index (κ3) is 1.13. The van der Waals surface area contributed by atoms with Crippen LogP contribution < -0.4 is 5.73 Å². The first kappa shape index (κ1) is 8.28. The summed E-state index contributed by atoms with van der Waals surface area (Å²) < 4.78 is 0. The maximum atomic E-state index is 8.83. The first-order valence-corrected chi connectivity index (χ1v) is 4.52. The molecular formula is C11H12N2. The first-order chi connectivity index (χ1) is 6.24. The van der Waals surface area contributed by atoms with Crippen LogP contribution >= 0.6 is 0 Å². The van der Waals surface area contributed by atoms with Crippen LogP contribution in [0.4, 0.5) is 0 Å². The van der Waals surface area contributed by atoms with E-state index < -0.39 is 0 Å². The van der Waals surface area contributed by atoms with Crippen molar-refractivity contribution in [1.29, 1.82) is 5.26 Å². The van der Waals surface area contributed by atoms with Crippen molar-refractivity contribution in [2.24, 2.45) is 5.73 Å². The third-order valence-electron chi connectivity index (χ3n) is 2.86. The summed E-state index contributed by atoms with van der Waals surface area (Å²) in [5.74, 6) is 0. The Kier molecular flexibility index (Phi) is 1.82. The van der Waals surface area contributed by atoms with Crippen LogP contribution in [0.5, 0.6) is 0 Å². The van der Waals surface area contributed by atoms with Gasteiger partial charge >= 0.3 is 0 Å². The normalized spacial score (nSPS) is 19.6. The van der Waals surface area contributed by atoms with Crippen molar-refractivity contribution < 1.29 is 0 Å². The third-order valence-corrected chi connectivity index (χ3v) is 2.86. The quantitative estimate of drug-likeness (QED) is 0.648. The van der Waals surface area contributed by atoms with E-state index in [1.807, 2.05) is 19.1 Å². The van der Waals surface area contributed by atoms with E-state index in [9.17, 15) is 0 Å². The second-order valence-corrected chi connectivity index (χ2v) is 3.56. The molecule has 0 radical (unpaired) electrons. The molecule has 0 aromatic heterocycles. The van der Waals surface area contributed by atoms with E-state index in [0.29, 0.717) is 0 Å². The fourth-order valence-electron chi connectivity index (χ4n) is 2.03. The molecule has 13 heavy (non-hydrogen) atoms. The minimum atomic E-state index is 0.182. The van der Waals surface area contributed by atoms with Crippen LogP contribution in [0.3, 0.4) is 0 Å². The highest BCUT2D eigenvalue weighted by Crippen LogP contribution is 2.32. The molecule has 2 N–H and O–H groups in total. The summed E-state index contributed by atoms with van der Waals surface area (Å²) in [5.41, 5.74) is 10.4. The Labute approximate surface area is 78.0 Å². The molecule has 1 atom stereocenters. The lowest BCUT2D eigenvalue weighted by Crippen LogP contribution is -2.05. The van der Waals surface area contributed by atoms with Crippen molar-refractivity contribution in [1.82, 2.24) is 0 Å². The van der Waals surface area contributed by atoms with Crippen molar-refractivity contribution >= 4 is 0 Å². The Morgan fingerprint density at radius 2 is 2.31 bits per heavy atom.